The number of carbonyl (C=O) groups excluding carboxylic acids is 1. The molecule has 144 valence electrons. The highest BCUT2D eigenvalue weighted by Crippen LogP contribution is 2.24. The number of hydrogen-bond donors (Lipinski definition) is 1. The monoisotopic (exact) mass is 360 g/mol. The highest BCUT2D eigenvalue weighted by Gasteiger charge is 2.31. The molecule has 0 saturated carbocycles. The largest absolute Gasteiger partial charge is 0.480 e. The number of piperidine rings is 1. The Morgan fingerprint density at radius 3 is 2.31 bits per heavy atom. The van der Waals surface area contributed by atoms with Gasteiger partial charge < -0.3 is 10.0 Å². The van der Waals surface area contributed by atoms with E-state index in [2.05, 4.69) is 26.0 Å². The molecule has 1 aliphatic rings. The summed E-state index contributed by atoms with van der Waals surface area (Å²) < 4.78 is 0. The van der Waals surface area contributed by atoms with Gasteiger partial charge in [0.25, 0.3) is 0 Å². The molecule has 1 aromatic carbocycles. The van der Waals surface area contributed by atoms with Crippen molar-refractivity contribution < 1.29 is 14.7 Å². The standard InChI is InChI=1S/C21H32N2O3/c1-4-22(15-20(24)25)18-10-12-23(13-11-18)21(26)19(16(2)3)14-17-8-6-5-7-9-17/h5-9,16,18-19H,4,10-15H2,1-3H3,(H,24,25). The zero-order valence-corrected chi connectivity index (χ0v) is 16.2. The van der Waals surface area contributed by atoms with Crippen LogP contribution in [0.25, 0.3) is 0 Å². The van der Waals surface area contributed by atoms with Crippen LogP contribution in [0.4, 0.5) is 0 Å². The van der Waals surface area contributed by atoms with Crippen LogP contribution in [-0.2, 0) is 16.0 Å². The lowest BCUT2D eigenvalue weighted by molar-refractivity contribution is -0.141. The first-order chi connectivity index (χ1) is 12.4. The topological polar surface area (TPSA) is 60.9 Å². The molecule has 0 aromatic heterocycles. The van der Waals surface area contributed by atoms with Crippen LogP contribution in [0.3, 0.4) is 0 Å². The molecule has 0 radical (unpaired) electrons. The van der Waals surface area contributed by atoms with Gasteiger partial charge in [0.15, 0.2) is 0 Å². The fourth-order valence-corrected chi connectivity index (χ4v) is 3.83. The zero-order chi connectivity index (χ0) is 19.1. The summed E-state index contributed by atoms with van der Waals surface area (Å²) in [5.41, 5.74) is 1.20. The number of nitrogens with zero attached hydrogens (tertiary/aromatic N) is 2. The maximum Gasteiger partial charge on any atom is 0.317 e. The third-order valence-electron chi connectivity index (χ3n) is 5.46. The third kappa shape index (κ3) is 5.56. The van der Waals surface area contributed by atoms with Gasteiger partial charge in [0.2, 0.25) is 5.91 Å². The van der Waals surface area contributed by atoms with Crippen molar-refractivity contribution >= 4 is 11.9 Å². The average molecular weight is 360 g/mol. The van der Waals surface area contributed by atoms with Crippen LogP contribution in [0.2, 0.25) is 0 Å². The Hall–Kier alpha value is -1.88. The molecule has 26 heavy (non-hydrogen) atoms. The third-order valence-corrected chi connectivity index (χ3v) is 5.46. The van der Waals surface area contributed by atoms with E-state index in [1.807, 2.05) is 34.9 Å². The van der Waals surface area contributed by atoms with E-state index < -0.39 is 5.97 Å². The molecule has 1 fully saturated rings. The van der Waals surface area contributed by atoms with Gasteiger partial charge in [-0.25, -0.2) is 0 Å². The lowest BCUT2D eigenvalue weighted by Crippen LogP contribution is -2.50. The van der Waals surface area contributed by atoms with Crippen LogP contribution in [0.5, 0.6) is 0 Å². The normalized spacial score (nSPS) is 16.9. The lowest BCUT2D eigenvalue weighted by atomic mass is 9.87. The van der Waals surface area contributed by atoms with Crippen molar-refractivity contribution in [2.75, 3.05) is 26.2 Å². The molecule has 5 nitrogen and oxygen atoms in total. The van der Waals surface area contributed by atoms with E-state index in [9.17, 15) is 9.59 Å². The quantitative estimate of drug-likeness (QED) is 0.774. The van der Waals surface area contributed by atoms with Crippen LogP contribution >= 0.6 is 0 Å². The number of hydrogen-bond acceptors (Lipinski definition) is 3. The molecule has 0 bridgehead atoms. The Kier molecular flexibility index (Phi) is 7.64. The molecule has 0 aliphatic carbocycles. The number of likely N-dealkylation sites (tertiary alicyclic amines) is 1. The van der Waals surface area contributed by atoms with E-state index >= 15 is 0 Å². The number of amides is 1. The maximum atomic E-state index is 13.1. The summed E-state index contributed by atoms with van der Waals surface area (Å²) in [4.78, 5) is 28.1. The number of rotatable bonds is 8. The van der Waals surface area contributed by atoms with E-state index in [4.69, 9.17) is 5.11 Å². The number of benzene rings is 1. The number of aliphatic carboxylic acids is 1. The van der Waals surface area contributed by atoms with Crippen LogP contribution in [-0.4, -0.2) is 59.0 Å². The van der Waals surface area contributed by atoms with Gasteiger partial charge in [0, 0.05) is 25.0 Å². The molecule has 5 heteroatoms. The van der Waals surface area contributed by atoms with Crippen molar-refractivity contribution in [3.63, 3.8) is 0 Å². The minimum absolute atomic E-state index is 0.00440. The van der Waals surface area contributed by atoms with Crippen molar-refractivity contribution in [2.45, 2.75) is 46.1 Å². The van der Waals surface area contributed by atoms with E-state index in [1.54, 1.807) is 0 Å². The number of likely N-dealkylation sites (N-methyl/N-ethyl adjacent to an activating group) is 1. The molecule has 1 saturated heterocycles. The second-order valence-electron chi connectivity index (χ2n) is 7.55. The lowest BCUT2D eigenvalue weighted by Gasteiger charge is -2.39. The van der Waals surface area contributed by atoms with Crippen molar-refractivity contribution in [1.29, 1.82) is 0 Å². The molecular formula is C21H32N2O3. The number of carboxylic acids is 1. The minimum Gasteiger partial charge on any atom is -0.480 e. The molecule has 1 aromatic rings. The minimum atomic E-state index is -0.784. The summed E-state index contributed by atoms with van der Waals surface area (Å²) in [6.45, 7) is 8.48. The van der Waals surface area contributed by atoms with E-state index in [0.29, 0.717) is 5.92 Å². The second-order valence-corrected chi connectivity index (χ2v) is 7.55. The summed E-state index contributed by atoms with van der Waals surface area (Å²) in [7, 11) is 0. The van der Waals surface area contributed by atoms with Crippen molar-refractivity contribution in [1.82, 2.24) is 9.80 Å². The molecule has 1 amide bonds. The smallest absolute Gasteiger partial charge is 0.317 e. The van der Waals surface area contributed by atoms with Crippen molar-refractivity contribution in [2.24, 2.45) is 11.8 Å². The van der Waals surface area contributed by atoms with Gasteiger partial charge in [0.05, 0.1) is 6.54 Å². The molecule has 1 heterocycles. The van der Waals surface area contributed by atoms with Gasteiger partial charge in [-0.3, -0.25) is 14.5 Å². The molecule has 1 unspecified atom stereocenters. The second kappa shape index (κ2) is 9.72. The van der Waals surface area contributed by atoms with Gasteiger partial charge in [-0.15, -0.1) is 0 Å². The maximum absolute atomic E-state index is 13.1. The average Bonchev–Trinajstić information content (AvgIpc) is 2.64. The molecule has 1 aliphatic heterocycles. The van der Waals surface area contributed by atoms with Gasteiger partial charge in [-0.2, -0.15) is 0 Å². The van der Waals surface area contributed by atoms with E-state index in [-0.39, 0.29) is 24.4 Å². The fraction of sp³-hybridized carbons (Fsp3) is 0.619. The Labute approximate surface area is 157 Å². The summed E-state index contributed by atoms with van der Waals surface area (Å²) in [5.74, 6) is -0.258. The number of carbonyl (C=O) groups is 2. The van der Waals surface area contributed by atoms with Crippen LogP contribution in [0, 0.1) is 11.8 Å². The van der Waals surface area contributed by atoms with Gasteiger partial charge in [0.1, 0.15) is 0 Å². The van der Waals surface area contributed by atoms with Crippen LogP contribution < -0.4 is 0 Å². The highest BCUT2D eigenvalue weighted by atomic mass is 16.4. The Bertz CT molecular complexity index is 580. The SMILES string of the molecule is CCN(CC(=O)O)C1CCN(C(=O)C(Cc2ccccc2)C(C)C)CC1. The molecular weight excluding hydrogens is 328 g/mol. The summed E-state index contributed by atoms with van der Waals surface area (Å²) in [6, 6.07) is 10.5. The first kappa shape index (κ1) is 20.4. The fourth-order valence-electron chi connectivity index (χ4n) is 3.83. The zero-order valence-electron chi connectivity index (χ0n) is 16.2. The van der Waals surface area contributed by atoms with E-state index in [1.165, 1.54) is 5.56 Å². The van der Waals surface area contributed by atoms with Gasteiger partial charge in [-0.05, 0) is 37.3 Å². The molecule has 1 N–H and O–H groups in total. The van der Waals surface area contributed by atoms with Crippen molar-refractivity contribution in [3.05, 3.63) is 35.9 Å². The van der Waals surface area contributed by atoms with Crippen molar-refractivity contribution in [3.8, 4) is 0 Å². The summed E-state index contributed by atoms with van der Waals surface area (Å²) >= 11 is 0. The highest BCUT2D eigenvalue weighted by molar-refractivity contribution is 5.79. The predicted octanol–water partition coefficient (Wildman–Crippen LogP) is 2.90. The van der Waals surface area contributed by atoms with Gasteiger partial charge in [-0.1, -0.05) is 51.1 Å². The molecule has 0 spiro atoms. The predicted molar refractivity (Wildman–Crippen MR) is 103 cm³/mol. The first-order valence-electron chi connectivity index (χ1n) is 9.70. The molecule has 2 rings (SSSR count). The van der Waals surface area contributed by atoms with Crippen LogP contribution in [0.15, 0.2) is 30.3 Å². The Balaban J connectivity index is 1.95. The molecule has 1 atom stereocenters. The number of carboxylic acid groups (broad SMARTS) is 1. The van der Waals surface area contributed by atoms with Crippen LogP contribution in [0.1, 0.15) is 39.2 Å². The Morgan fingerprint density at radius 2 is 1.81 bits per heavy atom. The van der Waals surface area contributed by atoms with E-state index in [0.717, 1.165) is 38.9 Å². The first-order valence-corrected chi connectivity index (χ1v) is 9.70. The summed E-state index contributed by atoms with van der Waals surface area (Å²) in [5, 5.41) is 9.05. The summed E-state index contributed by atoms with van der Waals surface area (Å²) in [6.07, 6.45) is 2.48. The van der Waals surface area contributed by atoms with Gasteiger partial charge >= 0.3 is 5.97 Å². The Morgan fingerprint density at radius 1 is 1.19 bits per heavy atom.